The smallest absolute Gasteiger partial charge is 0.204 e. The van der Waals surface area contributed by atoms with Gasteiger partial charge in [-0.25, -0.2) is 4.98 Å². The van der Waals surface area contributed by atoms with E-state index in [0.29, 0.717) is 0 Å². The predicted octanol–water partition coefficient (Wildman–Crippen LogP) is 5.22. The number of ether oxygens (including phenoxy) is 1. The van der Waals surface area contributed by atoms with E-state index in [1.54, 1.807) is 24.7 Å². The van der Waals surface area contributed by atoms with Crippen molar-refractivity contribution in [1.29, 1.82) is 0 Å². The summed E-state index contributed by atoms with van der Waals surface area (Å²) in [5.74, 6) is 0.835. The molecular formula is C20H21N3OS. The third-order valence-corrected chi connectivity index (χ3v) is 4.73. The summed E-state index contributed by atoms with van der Waals surface area (Å²) in [5.41, 5.74) is 6.26. The summed E-state index contributed by atoms with van der Waals surface area (Å²) >= 11 is 1.66. The van der Waals surface area contributed by atoms with Crippen LogP contribution >= 0.6 is 11.3 Å². The van der Waals surface area contributed by atoms with E-state index in [4.69, 9.17) is 9.72 Å². The number of aromatic nitrogens is 1. The maximum Gasteiger partial charge on any atom is 0.204 e. The van der Waals surface area contributed by atoms with Crippen LogP contribution in [0.25, 0.3) is 11.3 Å². The molecule has 4 nitrogen and oxygen atoms in total. The molecule has 0 amide bonds. The highest BCUT2D eigenvalue weighted by molar-refractivity contribution is 7.16. The van der Waals surface area contributed by atoms with Gasteiger partial charge in [0.1, 0.15) is 5.75 Å². The van der Waals surface area contributed by atoms with Crippen molar-refractivity contribution >= 4 is 22.7 Å². The van der Waals surface area contributed by atoms with Gasteiger partial charge < -0.3 is 4.74 Å². The maximum atomic E-state index is 5.16. The van der Waals surface area contributed by atoms with Gasteiger partial charge >= 0.3 is 0 Å². The van der Waals surface area contributed by atoms with Gasteiger partial charge in [-0.15, -0.1) is 0 Å². The first-order chi connectivity index (χ1) is 12.3. The Kier molecular flexibility index (Phi) is 5.80. The predicted molar refractivity (Wildman–Crippen MR) is 106 cm³/mol. The minimum atomic E-state index is 0.812. The van der Waals surface area contributed by atoms with Crippen molar-refractivity contribution < 1.29 is 4.74 Å². The van der Waals surface area contributed by atoms with Gasteiger partial charge in [0.2, 0.25) is 5.13 Å². The number of methoxy groups -OCH3 is 1. The van der Waals surface area contributed by atoms with Crippen molar-refractivity contribution in [3.63, 3.8) is 0 Å². The Bertz CT molecular complexity index is 826. The van der Waals surface area contributed by atoms with Crippen LogP contribution in [0.15, 0.2) is 59.7 Å². The van der Waals surface area contributed by atoms with E-state index in [0.717, 1.165) is 40.5 Å². The van der Waals surface area contributed by atoms with Crippen LogP contribution in [-0.2, 0) is 6.42 Å². The Morgan fingerprint density at radius 3 is 2.56 bits per heavy atom. The Morgan fingerprint density at radius 1 is 1.12 bits per heavy atom. The van der Waals surface area contributed by atoms with E-state index in [-0.39, 0.29) is 0 Å². The van der Waals surface area contributed by atoms with Gasteiger partial charge in [0, 0.05) is 10.4 Å². The molecule has 0 saturated heterocycles. The summed E-state index contributed by atoms with van der Waals surface area (Å²) < 4.78 is 5.16. The van der Waals surface area contributed by atoms with Crippen LogP contribution in [0, 0.1) is 0 Å². The number of benzene rings is 2. The molecule has 0 unspecified atom stereocenters. The SMILES string of the molecule is CCCc1sc(N/N=C\c2ccc(OC)cc2)nc1-c1ccccc1. The fourth-order valence-electron chi connectivity index (χ4n) is 2.47. The molecule has 1 heterocycles. The summed E-state index contributed by atoms with van der Waals surface area (Å²) in [7, 11) is 1.66. The zero-order valence-electron chi connectivity index (χ0n) is 14.4. The molecule has 1 N–H and O–H groups in total. The molecule has 0 radical (unpaired) electrons. The van der Waals surface area contributed by atoms with Crippen LogP contribution in [0.5, 0.6) is 5.75 Å². The lowest BCUT2D eigenvalue weighted by atomic mass is 10.1. The number of rotatable bonds is 7. The van der Waals surface area contributed by atoms with Crippen LogP contribution in [0.3, 0.4) is 0 Å². The maximum absolute atomic E-state index is 5.16. The highest BCUT2D eigenvalue weighted by atomic mass is 32.1. The molecule has 0 aliphatic heterocycles. The Balaban J connectivity index is 1.75. The molecule has 0 atom stereocenters. The van der Waals surface area contributed by atoms with Crippen LogP contribution in [0.4, 0.5) is 5.13 Å². The van der Waals surface area contributed by atoms with Crippen molar-refractivity contribution in [3.8, 4) is 17.0 Å². The fourth-order valence-corrected chi connectivity index (χ4v) is 3.50. The highest BCUT2D eigenvalue weighted by Crippen LogP contribution is 2.32. The average molecular weight is 351 g/mol. The topological polar surface area (TPSA) is 46.5 Å². The van der Waals surface area contributed by atoms with Crippen molar-refractivity contribution in [2.75, 3.05) is 12.5 Å². The van der Waals surface area contributed by atoms with Gasteiger partial charge in [-0.3, -0.25) is 5.43 Å². The van der Waals surface area contributed by atoms with E-state index in [9.17, 15) is 0 Å². The second-order valence-corrected chi connectivity index (χ2v) is 6.63. The normalized spacial score (nSPS) is 11.0. The van der Waals surface area contributed by atoms with Crippen LogP contribution in [0.1, 0.15) is 23.8 Å². The second kappa shape index (κ2) is 8.44. The van der Waals surface area contributed by atoms with Crippen molar-refractivity contribution in [2.24, 2.45) is 5.10 Å². The molecule has 3 aromatic rings. The van der Waals surface area contributed by atoms with Gasteiger partial charge in [-0.1, -0.05) is 55.0 Å². The van der Waals surface area contributed by atoms with Crippen molar-refractivity contribution in [3.05, 3.63) is 65.0 Å². The Morgan fingerprint density at radius 2 is 1.88 bits per heavy atom. The van der Waals surface area contributed by atoms with Gasteiger partial charge in [-0.05, 0) is 36.2 Å². The van der Waals surface area contributed by atoms with E-state index in [1.807, 2.05) is 42.5 Å². The minimum Gasteiger partial charge on any atom is -0.497 e. The van der Waals surface area contributed by atoms with E-state index < -0.39 is 0 Å². The summed E-state index contributed by atoms with van der Waals surface area (Å²) in [6.07, 6.45) is 3.89. The molecule has 0 bridgehead atoms. The number of aryl methyl sites for hydroxylation is 1. The third kappa shape index (κ3) is 4.45. The first-order valence-electron chi connectivity index (χ1n) is 8.28. The van der Waals surface area contributed by atoms with Gasteiger partial charge in [0.15, 0.2) is 0 Å². The first-order valence-corrected chi connectivity index (χ1v) is 9.10. The average Bonchev–Trinajstić information content (AvgIpc) is 3.06. The lowest BCUT2D eigenvalue weighted by Gasteiger charge is -2.00. The summed E-state index contributed by atoms with van der Waals surface area (Å²) in [4.78, 5) is 6.02. The fraction of sp³-hybridized carbons (Fsp3) is 0.200. The molecule has 3 rings (SSSR count). The molecule has 0 aliphatic rings. The molecule has 1 aromatic heterocycles. The van der Waals surface area contributed by atoms with E-state index >= 15 is 0 Å². The molecule has 5 heteroatoms. The number of nitrogens with one attached hydrogen (secondary N) is 1. The van der Waals surface area contributed by atoms with Gasteiger partial charge in [0.05, 0.1) is 19.0 Å². The Labute approximate surface area is 152 Å². The molecule has 2 aromatic carbocycles. The monoisotopic (exact) mass is 351 g/mol. The first kappa shape index (κ1) is 17.2. The Hall–Kier alpha value is -2.66. The number of hydrogen-bond acceptors (Lipinski definition) is 5. The van der Waals surface area contributed by atoms with Crippen LogP contribution < -0.4 is 10.2 Å². The quantitative estimate of drug-likeness (QED) is 0.469. The minimum absolute atomic E-state index is 0.812. The largest absolute Gasteiger partial charge is 0.497 e. The van der Waals surface area contributed by atoms with Crippen LogP contribution in [0.2, 0.25) is 0 Å². The summed E-state index contributed by atoms with van der Waals surface area (Å²) in [6.45, 7) is 2.18. The number of hydrogen-bond donors (Lipinski definition) is 1. The molecule has 0 saturated carbocycles. The van der Waals surface area contributed by atoms with Crippen LogP contribution in [-0.4, -0.2) is 18.3 Å². The van der Waals surface area contributed by atoms with Crippen molar-refractivity contribution in [2.45, 2.75) is 19.8 Å². The van der Waals surface area contributed by atoms with E-state index in [2.05, 4.69) is 29.6 Å². The van der Waals surface area contributed by atoms with Gasteiger partial charge in [-0.2, -0.15) is 5.10 Å². The lowest BCUT2D eigenvalue weighted by molar-refractivity contribution is 0.415. The molecular weight excluding hydrogens is 330 g/mol. The number of hydrazone groups is 1. The molecule has 128 valence electrons. The molecule has 0 fully saturated rings. The number of thiazole rings is 1. The molecule has 0 aliphatic carbocycles. The highest BCUT2D eigenvalue weighted by Gasteiger charge is 2.11. The third-order valence-electron chi connectivity index (χ3n) is 3.71. The summed E-state index contributed by atoms with van der Waals surface area (Å²) in [6, 6.07) is 18.0. The lowest BCUT2D eigenvalue weighted by Crippen LogP contribution is -1.90. The standard InChI is InChI=1S/C20H21N3OS/c1-3-7-18-19(16-8-5-4-6-9-16)22-20(25-18)23-21-14-15-10-12-17(24-2)13-11-15/h4-6,8-14H,3,7H2,1-2H3,(H,22,23)/b21-14-. The van der Waals surface area contributed by atoms with Crippen molar-refractivity contribution in [1.82, 2.24) is 4.98 Å². The zero-order chi connectivity index (χ0) is 17.5. The number of anilines is 1. The zero-order valence-corrected chi connectivity index (χ0v) is 15.2. The summed E-state index contributed by atoms with van der Waals surface area (Å²) in [5, 5.41) is 5.12. The van der Waals surface area contributed by atoms with Gasteiger partial charge in [0.25, 0.3) is 0 Å². The number of nitrogens with zero attached hydrogens (tertiary/aromatic N) is 2. The van der Waals surface area contributed by atoms with E-state index in [1.165, 1.54) is 4.88 Å². The second-order valence-electron chi connectivity index (χ2n) is 5.55. The molecule has 0 spiro atoms. The molecule has 25 heavy (non-hydrogen) atoms.